The van der Waals surface area contributed by atoms with Crippen molar-refractivity contribution in [2.45, 2.75) is 39.2 Å². The Kier molecular flexibility index (Phi) is 8.59. The predicted octanol–water partition coefficient (Wildman–Crippen LogP) is 5.33. The Bertz CT molecular complexity index is 1180. The van der Waals surface area contributed by atoms with Gasteiger partial charge in [-0.15, -0.1) is 0 Å². The molecule has 3 rings (SSSR count). The van der Waals surface area contributed by atoms with E-state index in [-0.39, 0.29) is 11.9 Å². The van der Waals surface area contributed by atoms with E-state index in [2.05, 4.69) is 36.5 Å². The van der Waals surface area contributed by atoms with E-state index < -0.39 is 12.0 Å². The highest BCUT2D eigenvalue weighted by Gasteiger charge is 2.30. The van der Waals surface area contributed by atoms with Gasteiger partial charge in [-0.3, -0.25) is 9.59 Å². The highest BCUT2D eigenvalue weighted by molar-refractivity contribution is 5.95. The van der Waals surface area contributed by atoms with Crippen LogP contribution >= 0.6 is 0 Å². The lowest BCUT2D eigenvalue weighted by Crippen LogP contribution is -2.44. The SMILES string of the molecule is CCc1cccc(-c2ccc(C(=O)NC(CC)C(Cc3cccc(C#N)c3)C(=O)OC)cc2)c1. The van der Waals surface area contributed by atoms with E-state index in [9.17, 15) is 14.9 Å². The van der Waals surface area contributed by atoms with Crippen LogP contribution in [0.2, 0.25) is 0 Å². The summed E-state index contributed by atoms with van der Waals surface area (Å²) in [7, 11) is 1.35. The van der Waals surface area contributed by atoms with Gasteiger partial charge in [-0.1, -0.05) is 62.4 Å². The molecule has 0 saturated carbocycles. The number of amides is 1. The van der Waals surface area contributed by atoms with Crippen molar-refractivity contribution in [1.29, 1.82) is 5.26 Å². The number of carbonyl (C=O) groups excluding carboxylic acids is 2. The van der Waals surface area contributed by atoms with E-state index in [0.717, 1.165) is 23.1 Å². The third kappa shape index (κ3) is 6.11. The smallest absolute Gasteiger partial charge is 0.311 e. The zero-order valence-electron chi connectivity index (χ0n) is 19.9. The second kappa shape index (κ2) is 11.8. The maximum absolute atomic E-state index is 13.0. The lowest BCUT2D eigenvalue weighted by Gasteiger charge is -2.25. The number of hydrogen-bond acceptors (Lipinski definition) is 4. The molecule has 0 aliphatic heterocycles. The Labute approximate surface area is 201 Å². The molecule has 1 N–H and O–H groups in total. The molecule has 174 valence electrons. The van der Waals surface area contributed by atoms with Gasteiger partial charge in [-0.05, 0) is 65.8 Å². The van der Waals surface area contributed by atoms with Crippen LogP contribution in [0.25, 0.3) is 11.1 Å². The number of nitrogens with one attached hydrogen (secondary N) is 1. The number of ether oxygens (including phenoxy) is 1. The third-order valence-corrected chi connectivity index (χ3v) is 6.07. The molecule has 3 aromatic rings. The van der Waals surface area contributed by atoms with Crippen molar-refractivity contribution in [1.82, 2.24) is 5.32 Å². The Morgan fingerprint density at radius 3 is 2.29 bits per heavy atom. The summed E-state index contributed by atoms with van der Waals surface area (Å²) in [6.45, 7) is 4.05. The zero-order valence-corrected chi connectivity index (χ0v) is 19.9. The van der Waals surface area contributed by atoms with E-state index in [4.69, 9.17) is 4.74 Å². The molecular weight excluding hydrogens is 424 g/mol. The molecule has 3 aromatic carbocycles. The molecule has 2 unspecified atom stereocenters. The third-order valence-electron chi connectivity index (χ3n) is 6.07. The van der Waals surface area contributed by atoms with Crippen LogP contribution in [0.15, 0.2) is 72.8 Å². The van der Waals surface area contributed by atoms with Crippen LogP contribution in [0.4, 0.5) is 0 Å². The summed E-state index contributed by atoms with van der Waals surface area (Å²) in [5.41, 5.74) is 5.33. The molecule has 1 amide bonds. The molecule has 0 saturated heterocycles. The molecule has 2 atom stereocenters. The molecule has 0 spiro atoms. The highest BCUT2D eigenvalue weighted by Crippen LogP contribution is 2.22. The first-order valence-electron chi connectivity index (χ1n) is 11.6. The van der Waals surface area contributed by atoms with Gasteiger partial charge in [0.25, 0.3) is 5.91 Å². The Balaban J connectivity index is 1.76. The first kappa shape index (κ1) is 24.7. The van der Waals surface area contributed by atoms with Gasteiger partial charge in [-0.25, -0.2) is 0 Å². The Hall–Kier alpha value is -3.91. The number of hydrogen-bond donors (Lipinski definition) is 1. The van der Waals surface area contributed by atoms with Crippen molar-refractivity contribution in [2.24, 2.45) is 5.92 Å². The van der Waals surface area contributed by atoms with Gasteiger partial charge in [0.05, 0.1) is 24.7 Å². The summed E-state index contributed by atoms with van der Waals surface area (Å²) in [6, 6.07) is 24.7. The van der Waals surface area contributed by atoms with Gasteiger partial charge in [0.15, 0.2) is 0 Å². The van der Waals surface area contributed by atoms with Crippen LogP contribution in [-0.2, 0) is 22.4 Å². The minimum absolute atomic E-state index is 0.236. The number of esters is 1. The zero-order chi connectivity index (χ0) is 24.5. The quantitative estimate of drug-likeness (QED) is 0.443. The molecule has 0 heterocycles. The molecule has 5 nitrogen and oxygen atoms in total. The lowest BCUT2D eigenvalue weighted by atomic mass is 9.89. The molecule has 0 radical (unpaired) electrons. The van der Waals surface area contributed by atoms with Gasteiger partial charge in [-0.2, -0.15) is 5.26 Å². The largest absolute Gasteiger partial charge is 0.469 e. The van der Waals surface area contributed by atoms with Crippen LogP contribution in [-0.4, -0.2) is 25.0 Å². The van der Waals surface area contributed by atoms with E-state index in [1.54, 1.807) is 30.3 Å². The highest BCUT2D eigenvalue weighted by atomic mass is 16.5. The number of nitriles is 1. The van der Waals surface area contributed by atoms with Crippen molar-refractivity contribution in [3.8, 4) is 17.2 Å². The first-order valence-corrected chi connectivity index (χ1v) is 11.6. The van der Waals surface area contributed by atoms with Crippen molar-refractivity contribution in [3.05, 3.63) is 95.1 Å². The van der Waals surface area contributed by atoms with Crippen molar-refractivity contribution in [3.63, 3.8) is 0 Å². The fraction of sp³-hybridized carbons (Fsp3) is 0.276. The lowest BCUT2D eigenvalue weighted by molar-refractivity contribution is -0.146. The summed E-state index contributed by atoms with van der Waals surface area (Å²) in [5.74, 6) is -1.19. The number of carbonyl (C=O) groups is 2. The van der Waals surface area contributed by atoms with Gasteiger partial charge in [0.1, 0.15) is 0 Å². The second-order valence-electron chi connectivity index (χ2n) is 8.27. The van der Waals surface area contributed by atoms with Crippen LogP contribution in [0.3, 0.4) is 0 Å². The van der Waals surface area contributed by atoms with Crippen molar-refractivity contribution >= 4 is 11.9 Å². The van der Waals surface area contributed by atoms with Gasteiger partial charge >= 0.3 is 5.97 Å². The van der Waals surface area contributed by atoms with Crippen molar-refractivity contribution < 1.29 is 14.3 Å². The summed E-state index contributed by atoms with van der Waals surface area (Å²) in [5, 5.41) is 12.2. The van der Waals surface area contributed by atoms with Crippen LogP contribution < -0.4 is 5.32 Å². The number of aryl methyl sites for hydroxylation is 1. The normalized spacial score (nSPS) is 12.3. The van der Waals surface area contributed by atoms with E-state index in [1.165, 1.54) is 12.7 Å². The predicted molar refractivity (Wildman–Crippen MR) is 133 cm³/mol. The Morgan fingerprint density at radius 1 is 0.941 bits per heavy atom. The number of rotatable bonds is 9. The molecule has 0 fully saturated rings. The topological polar surface area (TPSA) is 79.2 Å². The van der Waals surface area contributed by atoms with Crippen LogP contribution in [0.5, 0.6) is 0 Å². The molecule has 0 aromatic heterocycles. The summed E-state index contributed by atoms with van der Waals surface area (Å²) in [4.78, 5) is 25.6. The number of nitrogens with zero attached hydrogens (tertiary/aromatic N) is 1. The summed E-state index contributed by atoms with van der Waals surface area (Å²) < 4.78 is 5.04. The standard InChI is InChI=1S/C29H30N2O3/c1-4-20-8-7-11-25(17-20)23-12-14-24(15-13-23)28(32)31-27(5-2)26(29(33)34-3)18-21-9-6-10-22(16-21)19-30/h6-17,26-27H,4-5,18H2,1-3H3,(H,31,32). The molecule has 0 bridgehead atoms. The van der Waals surface area contributed by atoms with E-state index in [1.807, 2.05) is 31.2 Å². The Morgan fingerprint density at radius 2 is 1.65 bits per heavy atom. The van der Waals surface area contributed by atoms with Crippen molar-refractivity contribution in [2.75, 3.05) is 7.11 Å². The summed E-state index contributed by atoms with van der Waals surface area (Å²) >= 11 is 0. The average Bonchev–Trinajstić information content (AvgIpc) is 2.90. The van der Waals surface area contributed by atoms with Crippen LogP contribution in [0.1, 0.15) is 47.3 Å². The molecule has 0 aliphatic rings. The maximum Gasteiger partial charge on any atom is 0.311 e. The van der Waals surface area contributed by atoms with E-state index >= 15 is 0 Å². The second-order valence-corrected chi connectivity index (χ2v) is 8.27. The fourth-order valence-corrected chi connectivity index (χ4v) is 4.09. The van der Waals surface area contributed by atoms with Gasteiger partial charge < -0.3 is 10.1 Å². The minimum atomic E-state index is -0.566. The fourth-order valence-electron chi connectivity index (χ4n) is 4.09. The molecule has 34 heavy (non-hydrogen) atoms. The maximum atomic E-state index is 13.0. The minimum Gasteiger partial charge on any atom is -0.469 e. The first-order chi connectivity index (χ1) is 16.5. The monoisotopic (exact) mass is 454 g/mol. The average molecular weight is 455 g/mol. The molecule has 5 heteroatoms. The number of methoxy groups -OCH3 is 1. The molecule has 0 aliphatic carbocycles. The summed E-state index contributed by atoms with van der Waals surface area (Å²) in [6.07, 6.45) is 1.90. The molecular formula is C29H30N2O3. The van der Waals surface area contributed by atoms with Gasteiger partial charge in [0.2, 0.25) is 0 Å². The van der Waals surface area contributed by atoms with Crippen LogP contribution in [0, 0.1) is 17.2 Å². The van der Waals surface area contributed by atoms with E-state index in [0.29, 0.717) is 24.0 Å². The number of benzene rings is 3. The van der Waals surface area contributed by atoms with Gasteiger partial charge in [0, 0.05) is 11.6 Å².